The molecule has 0 aliphatic heterocycles. The van der Waals surface area contributed by atoms with Crippen LogP contribution in [0.3, 0.4) is 0 Å². The van der Waals surface area contributed by atoms with Crippen molar-refractivity contribution in [3.63, 3.8) is 0 Å². The molecule has 0 heterocycles. The van der Waals surface area contributed by atoms with Crippen LogP contribution in [0.15, 0.2) is 27.1 Å². The summed E-state index contributed by atoms with van der Waals surface area (Å²) in [6, 6.07) is 5.85. The number of benzene rings is 1. The van der Waals surface area contributed by atoms with E-state index >= 15 is 0 Å². The highest BCUT2D eigenvalue weighted by atomic mass is 79.9. The fraction of sp³-hybridized carbons (Fsp3) is 0.455. The second-order valence-corrected chi connectivity index (χ2v) is 6.26. The molecule has 1 aromatic rings. The zero-order valence-electron chi connectivity index (χ0n) is 8.81. The minimum atomic E-state index is -2.40. The summed E-state index contributed by atoms with van der Waals surface area (Å²) in [5, 5.41) is 0. The average molecular weight is 437 g/mol. The van der Waals surface area contributed by atoms with Gasteiger partial charge in [0.25, 0.3) is 6.43 Å². The number of alkyl halides is 3. The van der Waals surface area contributed by atoms with E-state index < -0.39 is 13.0 Å². The maximum atomic E-state index is 11.8. The van der Waals surface area contributed by atoms with E-state index in [4.69, 9.17) is 4.74 Å². The van der Waals surface area contributed by atoms with Gasteiger partial charge in [0.15, 0.2) is 0 Å². The Morgan fingerprint density at radius 2 is 1.94 bits per heavy atom. The predicted octanol–water partition coefficient (Wildman–Crippen LogP) is 5.32. The highest BCUT2D eigenvalue weighted by Gasteiger charge is 2.12. The van der Waals surface area contributed by atoms with Crippen LogP contribution in [0, 0.1) is 0 Å². The molecule has 0 saturated heterocycles. The molecule has 0 radical (unpaired) electrons. The quantitative estimate of drug-likeness (QED) is 0.433. The van der Waals surface area contributed by atoms with Crippen LogP contribution in [0.4, 0.5) is 8.78 Å². The summed E-state index contributed by atoms with van der Waals surface area (Å²) < 4.78 is 30.5. The van der Waals surface area contributed by atoms with Crippen LogP contribution in [0.2, 0.25) is 0 Å². The Balaban J connectivity index is 2.46. The SMILES string of the molecule is FC(F)COCCC(Br)c1cc(Br)ccc1Br. The average Bonchev–Trinajstić information content (AvgIpc) is 2.27. The Morgan fingerprint density at radius 3 is 2.59 bits per heavy atom. The summed E-state index contributed by atoms with van der Waals surface area (Å²) in [6.07, 6.45) is -1.76. The van der Waals surface area contributed by atoms with E-state index in [2.05, 4.69) is 47.8 Å². The zero-order chi connectivity index (χ0) is 12.8. The number of ether oxygens (including phenoxy) is 1. The van der Waals surface area contributed by atoms with Crippen LogP contribution in [-0.4, -0.2) is 19.6 Å². The Kier molecular flexibility index (Phi) is 7.14. The summed E-state index contributed by atoms with van der Waals surface area (Å²) in [6.45, 7) is -0.196. The molecule has 0 bridgehead atoms. The molecule has 1 nitrogen and oxygen atoms in total. The van der Waals surface area contributed by atoms with E-state index in [1.54, 1.807) is 0 Å². The van der Waals surface area contributed by atoms with Crippen LogP contribution < -0.4 is 0 Å². The minimum absolute atomic E-state index is 0.0760. The van der Waals surface area contributed by atoms with Crippen molar-refractivity contribution >= 4 is 47.8 Å². The van der Waals surface area contributed by atoms with E-state index in [-0.39, 0.29) is 4.83 Å². The van der Waals surface area contributed by atoms with Gasteiger partial charge in [-0.25, -0.2) is 8.78 Å². The van der Waals surface area contributed by atoms with Crippen molar-refractivity contribution < 1.29 is 13.5 Å². The van der Waals surface area contributed by atoms with Gasteiger partial charge in [0, 0.05) is 20.4 Å². The Bertz CT molecular complexity index is 361. The minimum Gasteiger partial charge on any atom is -0.375 e. The largest absolute Gasteiger partial charge is 0.375 e. The van der Waals surface area contributed by atoms with E-state index in [1.807, 2.05) is 18.2 Å². The first-order chi connectivity index (χ1) is 8.00. The lowest BCUT2D eigenvalue weighted by molar-refractivity contribution is 0.0167. The monoisotopic (exact) mass is 434 g/mol. The third-order valence-electron chi connectivity index (χ3n) is 2.05. The number of hydrogen-bond donors (Lipinski definition) is 0. The second-order valence-electron chi connectivity index (χ2n) is 3.39. The molecule has 1 rings (SSSR count). The van der Waals surface area contributed by atoms with Gasteiger partial charge in [-0.05, 0) is 30.2 Å². The maximum Gasteiger partial charge on any atom is 0.261 e. The van der Waals surface area contributed by atoms with E-state index in [0.717, 1.165) is 14.5 Å². The summed E-state index contributed by atoms with van der Waals surface area (Å²) in [5.74, 6) is 0. The van der Waals surface area contributed by atoms with Gasteiger partial charge in [0.05, 0.1) is 0 Å². The van der Waals surface area contributed by atoms with Crippen molar-refractivity contribution in [3.8, 4) is 0 Å². The van der Waals surface area contributed by atoms with E-state index in [9.17, 15) is 8.78 Å². The smallest absolute Gasteiger partial charge is 0.261 e. The summed E-state index contributed by atoms with van der Waals surface area (Å²) in [5.41, 5.74) is 1.07. The topological polar surface area (TPSA) is 9.23 Å². The van der Waals surface area contributed by atoms with E-state index in [0.29, 0.717) is 13.0 Å². The molecule has 0 amide bonds. The van der Waals surface area contributed by atoms with Gasteiger partial charge in [-0.3, -0.25) is 0 Å². The van der Waals surface area contributed by atoms with Gasteiger partial charge in [0.1, 0.15) is 6.61 Å². The summed E-state index contributed by atoms with van der Waals surface area (Å²) >= 11 is 10.4. The molecular weight excluding hydrogens is 426 g/mol. The first-order valence-corrected chi connectivity index (χ1v) is 7.45. The van der Waals surface area contributed by atoms with Crippen molar-refractivity contribution in [2.45, 2.75) is 17.7 Å². The lowest BCUT2D eigenvalue weighted by atomic mass is 10.1. The molecule has 0 spiro atoms. The van der Waals surface area contributed by atoms with Crippen molar-refractivity contribution in [3.05, 3.63) is 32.7 Å². The molecule has 1 atom stereocenters. The molecule has 0 saturated carbocycles. The standard InChI is InChI=1S/C11H11Br3F2O/c12-7-1-2-9(13)8(5-7)10(14)3-4-17-6-11(15)16/h1-2,5,10-11H,3-4,6H2. The molecule has 96 valence electrons. The van der Waals surface area contributed by atoms with Gasteiger partial charge in [0.2, 0.25) is 0 Å². The van der Waals surface area contributed by atoms with Gasteiger partial charge in [-0.1, -0.05) is 47.8 Å². The number of hydrogen-bond acceptors (Lipinski definition) is 1. The van der Waals surface area contributed by atoms with Crippen molar-refractivity contribution in [1.82, 2.24) is 0 Å². The lowest BCUT2D eigenvalue weighted by Crippen LogP contribution is -2.07. The van der Waals surface area contributed by atoms with Crippen LogP contribution >= 0.6 is 47.8 Å². The Morgan fingerprint density at radius 1 is 1.24 bits per heavy atom. The number of rotatable bonds is 6. The highest BCUT2D eigenvalue weighted by Crippen LogP contribution is 2.34. The van der Waals surface area contributed by atoms with Crippen LogP contribution in [-0.2, 0) is 4.74 Å². The van der Waals surface area contributed by atoms with Crippen LogP contribution in [0.25, 0.3) is 0 Å². The fourth-order valence-corrected chi connectivity index (χ4v) is 3.04. The van der Waals surface area contributed by atoms with Gasteiger partial charge in [-0.2, -0.15) is 0 Å². The molecule has 0 N–H and O–H groups in total. The van der Waals surface area contributed by atoms with Gasteiger partial charge < -0.3 is 4.74 Å². The third-order valence-corrected chi connectivity index (χ3v) is 4.22. The molecule has 0 aliphatic carbocycles. The Hall–Kier alpha value is 0.480. The van der Waals surface area contributed by atoms with Crippen molar-refractivity contribution in [2.75, 3.05) is 13.2 Å². The third kappa shape index (κ3) is 5.77. The highest BCUT2D eigenvalue weighted by molar-refractivity contribution is 9.11. The number of halogens is 5. The van der Waals surface area contributed by atoms with Gasteiger partial charge >= 0.3 is 0 Å². The molecule has 0 fully saturated rings. The molecule has 0 aliphatic rings. The van der Waals surface area contributed by atoms with Crippen molar-refractivity contribution in [1.29, 1.82) is 0 Å². The normalized spacial score (nSPS) is 13.1. The Labute approximate surface area is 124 Å². The molecule has 0 aromatic heterocycles. The molecule has 1 unspecified atom stereocenters. The first-order valence-electron chi connectivity index (χ1n) is 4.95. The van der Waals surface area contributed by atoms with Crippen LogP contribution in [0.1, 0.15) is 16.8 Å². The fourth-order valence-electron chi connectivity index (χ4n) is 1.27. The molecular formula is C11H11Br3F2O. The molecule has 6 heteroatoms. The molecule has 17 heavy (non-hydrogen) atoms. The van der Waals surface area contributed by atoms with Crippen molar-refractivity contribution in [2.24, 2.45) is 0 Å². The maximum absolute atomic E-state index is 11.8. The zero-order valence-corrected chi connectivity index (χ0v) is 13.6. The van der Waals surface area contributed by atoms with Gasteiger partial charge in [-0.15, -0.1) is 0 Å². The second kappa shape index (κ2) is 7.81. The van der Waals surface area contributed by atoms with E-state index in [1.165, 1.54) is 0 Å². The lowest BCUT2D eigenvalue weighted by Gasteiger charge is -2.13. The molecule has 1 aromatic carbocycles. The first kappa shape index (κ1) is 15.5. The van der Waals surface area contributed by atoms with Crippen LogP contribution in [0.5, 0.6) is 0 Å². The summed E-state index contributed by atoms with van der Waals surface area (Å²) in [7, 11) is 0. The summed E-state index contributed by atoms with van der Waals surface area (Å²) in [4.78, 5) is 0.0760. The predicted molar refractivity (Wildman–Crippen MR) is 75.0 cm³/mol.